The Hall–Kier alpha value is -1.36. The molecule has 0 aliphatic heterocycles. The van der Waals surface area contributed by atoms with Crippen LogP contribution in [0.25, 0.3) is 0 Å². The molecule has 70 valence electrons. The minimum absolute atomic E-state index is 0.106. The minimum atomic E-state index is -1.21. The fraction of sp³-hybridized carbons (Fsp3) is 0.250. The van der Waals surface area contributed by atoms with Crippen LogP contribution < -0.4 is 0 Å². The van der Waals surface area contributed by atoms with Crippen molar-refractivity contribution in [2.45, 2.75) is 13.8 Å². The number of aromatic carboxylic acids is 1. The van der Waals surface area contributed by atoms with Crippen LogP contribution in [0.4, 0.5) is 0 Å². The van der Waals surface area contributed by atoms with Crippen molar-refractivity contribution in [3.63, 3.8) is 0 Å². The number of rotatable bonds is 2. The number of Topliss-reactive ketones (excluding diaryl/α,β-unsaturated/α-hetero) is 1. The number of carbonyl (C=O) groups excluding carboxylic acids is 1. The van der Waals surface area contributed by atoms with Crippen molar-refractivity contribution in [3.8, 4) is 5.75 Å². The number of hydrogen-bond acceptors (Lipinski definition) is 4. The predicted molar refractivity (Wildman–Crippen MR) is 47.7 cm³/mol. The summed E-state index contributed by atoms with van der Waals surface area (Å²) in [5, 5.41) is 18.0. The topological polar surface area (TPSA) is 74.6 Å². The van der Waals surface area contributed by atoms with Gasteiger partial charge in [-0.25, -0.2) is 4.79 Å². The molecule has 0 atom stereocenters. The molecule has 1 rings (SSSR count). The standard InChI is InChI=1S/C8H8O4S/c1-3(9)7-6(10)5(8(11)12)4(2)13-7/h10H,1-2H3,(H,11,12). The lowest BCUT2D eigenvalue weighted by molar-refractivity contribution is 0.0694. The van der Waals surface area contributed by atoms with Gasteiger partial charge >= 0.3 is 5.97 Å². The molecule has 0 saturated heterocycles. The second-order valence-electron chi connectivity index (χ2n) is 2.57. The number of carbonyl (C=O) groups is 2. The van der Waals surface area contributed by atoms with Crippen LogP contribution >= 0.6 is 11.3 Å². The van der Waals surface area contributed by atoms with Crippen LogP contribution in [0.2, 0.25) is 0 Å². The molecule has 1 heterocycles. The van der Waals surface area contributed by atoms with Crippen molar-refractivity contribution in [3.05, 3.63) is 15.3 Å². The monoisotopic (exact) mass is 200 g/mol. The quantitative estimate of drug-likeness (QED) is 0.712. The van der Waals surface area contributed by atoms with Gasteiger partial charge in [-0.3, -0.25) is 4.79 Å². The van der Waals surface area contributed by atoms with Crippen molar-refractivity contribution in [1.82, 2.24) is 0 Å². The Balaban J connectivity index is 3.39. The Morgan fingerprint density at radius 3 is 2.15 bits per heavy atom. The molecule has 4 nitrogen and oxygen atoms in total. The Kier molecular flexibility index (Phi) is 2.38. The van der Waals surface area contributed by atoms with Crippen molar-refractivity contribution < 1.29 is 19.8 Å². The smallest absolute Gasteiger partial charge is 0.340 e. The minimum Gasteiger partial charge on any atom is -0.505 e. The molecule has 0 spiro atoms. The third-order valence-electron chi connectivity index (χ3n) is 1.59. The molecular formula is C8H8O4S. The van der Waals surface area contributed by atoms with E-state index in [2.05, 4.69) is 0 Å². The van der Waals surface area contributed by atoms with Crippen LogP contribution in [-0.2, 0) is 0 Å². The molecule has 0 amide bonds. The first-order valence-corrected chi connectivity index (χ1v) is 4.33. The van der Waals surface area contributed by atoms with E-state index in [4.69, 9.17) is 5.11 Å². The summed E-state index contributed by atoms with van der Waals surface area (Å²) in [6.45, 7) is 2.84. The molecule has 0 unspecified atom stereocenters. The summed E-state index contributed by atoms with van der Waals surface area (Å²) >= 11 is 0.997. The van der Waals surface area contributed by atoms with Crippen molar-refractivity contribution >= 4 is 23.1 Å². The molecule has 0 saturated carbocycles. The van der Waals surface area contributed by atoms with Crippen LogP contribution in [0.1, 0.15) is 31.8 Å². The highest BCUT2D eigenvalue weighted by molar-refractivity contribution is 7.14. The average Bonchev–Trinajstić information content (AvgIpc) is 2.26. The summed E-state index contributed by atoms with van der Waals surface area (Å²) in [7, 11) is 0. The van der Waals surface area contributed by atoms with Gasteiger partial charge in [0.15, 0.2) is 11.5 Å². The van der Waals surface area contributed by atoms with E-state index in [0.29, 0.717) is 4.88 Å². The van der Waals surface area contributed by atoms with E-state index in [0.717, 1.165) is 11.3 Å². The Morgan fingerprint density at radius 2 is 1.92 bits per heavy atom. The third kappa shape index (κ3) is 1.55. The fourth-order valence-corrected chi connectivity index (χ4v) is 1.96. The van der Waals surface area contributed by atoms with Crippen LogP contribution in [0.3, 0.4) is 0 Å². The highest BCUT2D eigenvalue weighted by Gasteiger charge is 2.22. The number of thiophene rings is 1. The van der Waals surface area contributed by atoms with Gasteiger partial charge in [-0.1, -0.05) is 0 Å². The lowest BCUT2D eigenvalue weighted by Gasteiger charge is -1.93. The number of carboxylic acids is 1. The van der Waals surface area contributed by atoms with Gasteiger partial charge in [0.25, 0.3) is 0 Å². The maximum absolute atomic E-state index is 10.9. The fourth-order valence-electron chi connectivity index (χ4n) is 1.02. The average molecular weight is 200 g/mol. The maximum Gasteiger partial charge on any atom is 0.340 e. The van der Waals surface area contributed by atoms with Gasteiger partial charge in [0.05, 0.1) is 0 Å². The van der Waals surface area contributed by atoms with E-state index in [1.807, 2.05) is 0 Å². The predicted octanol–water partition coefficient (Wildman–Crippen LogP) is 1.66. The first kappa shape index (κ1) is 9.73. The van der Waals surface area contributed by atoms with Gasteiger partial charge in [-0.15, -0.1) is 11.3 Å². The summed E-state index contributed by atoms with van der Waals surface area (Å²) in [5.74, 6) is -1.95. The summed E-state index contributed by atoms with van der Waals surface area (Å²) in [6.07, 6.45) is 0. The van der Waals surface area contributed by atoms with Crippen LogP contribution in [0, 0.1) is 6.92 Å². The zero-order chi connectivity index (χ0) is 10.2. The maximum atomic E-state index is 10.9. The zero-order valence-corrected chi connectivity index (χ0v) is 7.94. The van der Waals surface area contributed by atoms with Gasteiger partial charge in [0, 0.05) is 11.8 Å². The van der Waals surface area contributed by atoms with Crippen molar-refractivity contribution in [1.29, 1.82) is 0 Å². The van der Waals surface area contributed by atoms with Crippen LogP contribution in [0.5, 0.6) is 5.75 Å². The Morgan fingerprint density at radius 1 is 1.38 bits per heavy atom. The summed E-state index contributed by atoms with van der Waals surface area (Å²) in [4.78, 5) is 22.1. The Labute approximate surface area is 78.4 Å². The Bertz CT molecular complexity index is 378. The molecule has 13 heavy (non-hydrogen) atoms. The van der Waals surface area contributed by atoms with Gasteiger partial charge in [-0.05, 0) is 6.92 Å². The summed E-state index contributed by atoms with van der Waals surface area (Å²) < 4.78 is 0. The van der Waals surface area contributed by atoms with Gasteiger partial charge in [0.1, 0.15) is 10.4 Å². The first-order chi connectivity index (χ1) is 5.95. The number of carboxylic acid groups (broad SMARTS) is 1. The molecule has 0 aliphatic rings. The lowest BCUT2D eigenvalue weighted by atomic mass is 10.2. The van der Waals surface area contributed by atoms with Crippen LogP contribution in [-0.4, -0.2) is 22.0 Å². The van der Waals surface area contributed by atoms with Gasteiger partial charge < -0.3 is 10.2 Å². The van der Waals surface area contributed by atoms with E-state index in [1.165, 1.54) is 6.92 Å². The number of hydrogen-bond donors (Lipinski definition) is 2. The molecule has 5 heteroatoms. The van der Waals surface area contributed by atoms with Crippen molar-refractivity contribution in [2.24, 2.45) is 0 Å². The van der Waals surface area contributed by atoms with E-state index < -0.39 is 11.7 Å². The van der Waals surface area contributed by atoms with E-state index in [1.54, 1.807) is 6.92 Å². The molecule has 1 aromatic heterocycles. The van der Waals surface area contributed by atoms with Gasteiger partial charge in [-0.2, -0.15) is 0 Å². The van der Waals surface area contributed by atoms with E-state index in [9.17, 15) is 14.7 Å². The highest BCUT2D eigenvalue weighted by atomic mass is 32.1. The molecule has 0 radical (unpaired) electrons. The molecule has 2 N–H and O–H groups in total. The third-order valence-corrected chi connectivity index (χ3v) is 2.79. The molecule has 0 fully saturated rings. The van der Waals surface area contributed by atoms with Crippen LogP contribution in [0.15, 0.2) is 0 Å². The SMILES string of the molecule is CC(=O)c1sc(C)c(C(=O)O)c1O. The number of aromatic hydroxyl groups is 1. The molecule has 0 bridgehead atoms. The molecule has 0 aromatic carbocycles. The lowest BCUT2D eigenvalue weighted by Crippen LogP contribution is -1.97. The zero-order valence-electron chi connectivity index (χ0n) is 7.12. The highest BCUT2D eigenvalue weighted by Crippen LogP contribution is 2.34. The van der Waals surface area contributed by atoms with Crippen molar-refractivity contribution in [2.75, 3.05) is 0 Å². The molecule has 1 aromatic rings. The molecule has 0 aliphatic carbocycles. The molecular weight excluding hydrogens is 192 g/mol. The second kappa shape index (κ2) is 3.18. The largest absolute Gasteiger partial charge is 0.505 e. The number of aryl methyl sites for hydroxylation is 1. The van der Waals surface area contributed by atoms with Gasteiger partial charge in [0.2, 0.25) is 0 Å². The summed E-state index contributed by atoms with van der Waals surface area (Å²) in [5.41, 5.74) is -0.171. The second-order valence-corrected chi connectivity index (χ2v) is 3.80. The normalized spacial score (nSPS) is 10.0. The van der Waals surface area contributed by atoms with E-state index >= 15 is 0 Å². The first-order valence-electron chi connectivity index (χ1n) is 3.51. The summed E-state index contributed by atoms with van der Waals surface area (Å²) in [6, 6.07) is 0. The van der Waals surface area contributed by atoms with E-state index in [-0.39, 0.29) is 16.2 Å². The number of ketones is 1.